The van der Waals surface area contributed by atoms with Gasteiger partial charge in [-0.15, -0.1) is 12.3 Å². The Hall–Kier alpha value is -1.27. The van der Waals surface area contributed by atoms with E-state index in [-0.39, 0.29) is 18.4 Å². The van der Waals surface area contributed by atoms with Crippen molar-refractivity contribution in [3.63, 3.8) is 0 Å². The van der Waals surface area contributed by atoms with Crippen LogP contribution < -0.4 is 0 Å². The number of carboxylic acids is 1. The molecule has 4 atom stereocenters. The van der Waals surface area contributed by atoms with Gasteiger partial charge in [-0.3, -0.25) is 4.79 Å². The minimum absolute atomic E-state index is 0.0141. The number of aliphatic hydroxyl groups excluding tert-OH is 1. The van der Waals surface area contributed by atoms with E-state index in [2.05, 4.69) is 5.92 Å². The molecule has 0 bridgehead atoms. The van der Waals surface area contributed by atoms with Crippen LogP contribution in [0.5, 0.6) is 0 Å². The molecular formula is C15H20O3. The quantitative estimate of drug-likeness (QED) is 0.594. The number of hydrogen-bond donors (Lipinski definition) is 2. The van der Waals surface area contributed by atoms with Gasteiger partial charge in [0.15, 0.2) is 0 Å². The molecule has 4 unspecified atom stereocenters. The Morgan fingerprint density at radius 1 is 1.44 bits per heavy atom. The molecule has 0 aromatic rings. The fourth-order valence-corrected chi connectivity index (χ4v) is 3.41. The number of terminal acetylenes is 1. The summed E-state index contributed by atoms with van der Waals surface area (Å²) in [6, 6.07) is 0. The molecule has 2 aliphatic rings. The van der Waals surface area contributed by atoms with E-state index in [9.17, 15) is 9.90 Å². The molecule has 0 aliphatic heterocycles. The van der Waals surface area contributed by atoms with Gasteiger partial charge < -0.3 is 10.2 Å². The average molecular weight is 248 g/mol. The third-order valence-corrected chi connectivity index (χ3v) is 4.52. The largest absolute Gasteiger partial charge is 0.481 e. The van der Waals surface area contributed by atoms with Gasteiger partial charge in [0.2, 0.25) is 0 Å². The molecule has 2 saturated carbocycles. The molecule has 2 fully saturated rings. The fourth-order valence-electron chi connectivity index (χ4n) is 3.41. The van der Waals surface area contributed by atoms with Crippen molar-refractivity contribution >= 4 is 5.97 Å². The van der Waals surface area contributed by atoms with Gasteiger partial charge in [-0.25, -0.2) is 0 Å². The number of rotatable bonds is 3. The fraction of sp³-hybridized carbons (Fsp3) is 0.667. The van der Waals surface area contributed by atoms with Gasteiger partial charge in [0, 0.05) is 12.3 Å². The third-order valence-electron chi connectivity index (χ3n) is 4.52. The van der Waals surface area contributed by atoms with Gasteiger partial charge >= 0.3 is 5.97 Å². The second kappa shape index (κ2) is 5.16. The highest BCUT2D eigenvalue weighted by molar-refractivity contribution is 5.67. The molecule has 2 N–H and O–H groups in total. The predicted octanol–water partition coefficient (Wildman–Crippen LogP) is 2.21. The lowest BCUT2D eigenvalue weighted by Crippen LogP contribution is -2.44. The minimum atomic E-state index is -0.744. The molecule has 0 aromatic heterocycles. The van der Waals surface area contributed by atoms with Crippen LogP contribution in [0.25, 0.3) is 0 Å². The molecule has 0 radical (unpaired) electrons. The number of aliphatic hydroxyl groups is 1. The van der Waals surface area contributed by atoms with Crippen LogP contribution >= 0.6 is 0 Å². The van der Waals surface area contributed by atoms with Crippen LogP contribution in [-0.4, -0.2) is 22.3 Å². The average Bonchev–Trinajstić information content (AvgIpc) is 2.29. The van der Waals surface area contributed by atoms with Crippen LogP contribution in [0.4, 0.5) is 0 Å². The topological polar surface area (TPSA) is 57.5 Å². The summed E-state index contributed by atoms with van der Waals surface area (Å²) in [5.41, 5.74) is 2.61. The Balaban J connectivity index is 2.02. The maximum absolute atomic E-state index is 10.6. The molecule has 0 saturated heterocycles. The van der Waals surface area contributed by atoms with Crippen LogP contribution in [0.1, 0.15) is 39.0 Å². The van der Waals surface area contributed by atoms with Crippen molar-refractivity contribution in [3.05, 3.63) is 11.1 Å². The summed E-state index contributed by atoms with van der Waals surface area (Å²) in [5.74, 6) is 2.87. The highest BCUT2D eigenvalue weighted by Gasteiger charge is 2.46. The number of carbonyl (C=O) groups is 1. The predicted molar refractivity (Wildman–Crippen MR) is 68.7 cm³/mol. The van der Waals surface area contributed by atoms with Gasteiger partial charge in [0.25, 0.3) is 0 Å². The van der Waals surface area contributed by atoms with Crippen molar-refractivity contribution in [1.29, 1.82) is 0 Å². The van der Waals surface area contributed by atoms with E-state index in [4.69, 9.17) is 11.5 Å². The molecule has 3 heteroatoms. The maximum Gasteiger partial charge on any atom is 0.303 e. The Morgan fingerprint density at radius 3 is 2.78 bits per heavy atom. The summed E-state index contributed by atoms with van der Waals surface area (Å²) >= 11 is 0. The van der Waals surface area contributed by atoms with Crippen molar-refractivity contribution in [1.82, 2.24) is 0 Å². The molecule has 98 valence electrons. The summed E-state index contributed by atoms with van der Waals surface area (Å²) in [6.45, 7) is 2.03. The molecule has 0 spiro atoms. The van der Waals surface area contributed by atoms with Crippen LogP contribution in [0.3, 0.4) is 0 Å². The van der Waals surface area contributed by atoms with Crippen LogP contribution in [-0.2, 0) is 4.79 Å². The number of fused-ring (bicyclic) bond motifs is 1. The lowest BCUT2D eigenvalue weighted by molar-refractivity contribution is -0.136. The highest BCUT2D eigenvalue weighted by atomic mass is 16.4. The SMILES string of the molecule is C#CC1C(O)CCC2/C(=C(\C)CCC(=O)O)CC21. The standard InChI is InChI=1S/C15H20O3/c1-3-10-13-8-12(9(2)4-7-15(17)18)11(13)5-6-14(10)16/h1,10-11,13-14,16H,4-8H2,2H3,(H,17,18)/b12-9+. The number of carboxylic acid groups (broad SMARTS) is 1. The third kappa shape index (κ3) is 2.30. The Bertz CT molecular complexity index is 416. The monoisotopic (exact) mass is 248 g/mol. The van der Waals surface area contributed by atoms with Crippen LogP contribution in [0.2, 0.25) is 0 Å². The zero-order valence-electron chi connectivity index (χ0n) is 10.7. The maximum atomic E-state index is 10.6. The number of allylic oxidation sites excluding steroid dienone is 2. The van der Waals surface area contributed by atoms with E-state index in [1.807, 2.05) is 6.92 Å². The van der Waals surface area contributed by atoms with E-state index >= 15 is 0 Å². The lowest BCUT2D eigenvalue weighted by Gasteiger charge is -2.49. The van der Waals surface area contributed by atoms with Gasteiger partial charge in [-0.2, -0.15) is 0 Å². The molecule has 3 nitrogen and oxygen atoms in total. The smallest absolute Gasteiger partial charge is 0.303 e. The van der Waals surface area contributed by atoms with Gasteiger partial charge in [-0.05, 0) is 44.4 Å². The van der Waals surface area contributed by atoms with Crippen molar-refractivity contribution in [3.8, 4) is 12.3 Å². The summed E-state index contributed by atoms with van der Waals surface area (Å²) in [6.07, 6.45) is 8.69. The number of aliphatic carboxylic acids is 1. The zero-order chi connectivity index (χ0) is 13.3. The number of hydrogen-bond acceptors (Lipinski definition) is 2. The normalized spacial score (nSPS) is 37.2. The first-order chi connectivity index (χ1) is 8.54. The Morgan fingerprint density at radius 2 is 2.17 bits per heavy atom. The summed E-state index contributed by atoms with van der Waals surface area (Å²) in [5, 5.41) is 18.6. The van der Waals surface area contributed by atoms with Crippen molar-refractivity contribution < 1.29 is 15.0 Å². The summed E-state index contributed by atoms with van der Waals surface area (Å²) in [4.78, 5) is 10.6. The van der Waals surface area contributed by atoms with E-state index in [1.54, 1.807) is 0 Å². The first kappa shape index (κ1) is 13.2. The summed E-state index contributed by atoms with van der Waals surface area (Å²) in [7, 11) is 0. The zero-order valence-corrected chi connectivity index (χ0v) is 10.7. The lowest BCUT2D eigenvalue weighted by atomic mass is 9.56. The van der Waals surface area contributed by atoms with E-state index in [0.29, 0.717) is 18.3 Å². The van der Waals surface area contributed by atoms with Gasteiger partial charge in [0.05, 0.1) is 6.10 Å². The highest BCUT2D eigenvalue weighted by Crippen LogP contribution is 2.52. The van der Waals surface area contributed by atoms with Crippen LogP contribution in [0.15, 0.2) is 11.1 Å². The second-order valence-electron chi connectivity index (χ2n) is 5.51. The molecule has 0 amide bonds. The van der Waals surface area contributed by atoms with Crippen molar-refractivity contribution in [2.24, 2.45) is 17.8 Å². The first-order valence-corrected chi connectivity index (χ1v) is 6.59. The summed E-state index contributed by atoms with van der Waals surface area (Å²) < 4.78 is 0. The van der Waals surface area contributed by atoms with Gasteiger partial charge in [0.1, 0.15) is 0 Å². The molecule has 0 aromatic carbocycles. The van der Waals surface area contributed by atoms with Gasteiger partial charge in [-0.1, -0.05) is 11.1 Å². The second-order valence-corrected chi connectivity index (χ2v) is 5.51. The Kier molecular flexibility index (Phi) is 3.77. The van der Waals surface area contributed by atoms with E-state index in [1.165, 1.54) is 11.1 Å². The van der Waals surface area contributed by atoms with Crippen molar-refractivity contribution in [2.45, 2.75) is 45.1 Å². The minimum Gasteiger partial charge on any atom is -0.481 e. The molecule has 0 heterocycles. The first-order valence-electron chi connectivity index (χ1n) is 6.59. The van der Waals surface area contributed by atoms with Crippen molar-refractivity contribution in [2.75, 3.05) is 0 Å². The van der Waals surface area contributed by atoms with E-state index < -0.39 is 5.97 Å². The van der Waals surface area contributed by atoms with E-state index in [0.717, 1.165) is 19.3 Å². The molecule has 18 heavy (non-hydrogen) atoms. The van der Waals surface area contributed by atoms with Crippen LogP contribution in [0, 0.1) is 30.1 Å². The molecule has 2 rings (SSSR count). The molecule has 2 aliphatic carbocycles. The molecular weight excluding hydrogens is 228 g/mol. The Labute approximate surface area is 108 Å².